The summed E-state index contributed by atoms with van der Waals surface area (Å²) in [6, 6.07) is 7.03. The zero-order valence-electron chi connectivity index (χ0n) is 11.0. The Morgan fingerprint density at radius 3 is 3.00 bits per heavy atom. The number of likely N-dealkylation sites (N-methyl/N-ethyl adjacent to an activating group) is 1. The minimum atomic E-state index is 0.539. The number of ether oxygens (including phenoxy) is 1. The van der Waals surface area contributed by atoms with Crippen LogP contribution in [-0.4, -0.2) is 39.2 Å². The van der Waals surface area contributed by atoms with E-state index in [4.69, 9.17) is 4.74 Å². The molecule has 1 unspecified atom stereocenters. The number of methoxy groups -OCH3 is 1. The van der Waals surface area contributed by atoms with E-state index in [1.807, 2.05) is 7.05 Å². The fourth-order valence-electron chi connectivity index (χ4n) is 2.60. The largest absolute Gasteiger partial charge is 0.497 e. The maximum atomic E-state index is 5.30. The number of fused-ring (bicyclic) bond motifs is 1. The third-order valence-corrected chi connectivity index (χ3v) is 3.64. The molecule has 1 aliphatic rings. The number of hydrogen-bond donors (Lipinski definition) is 1. The van der Waals surface area contributed by atoms with Crippen molar-refractivity contribution in [1.29, 1.82) is 0 Å². The molecule has 0 aromatic heterocycles. The maximum absolute atomic E-state index is 5.30. The lowest BCUT2D eigenvalue weighted by molar-refractivity contribution is 0.219. The van der Waals surface area contributed by atoms with Gasteiger partial charge in [0.15, 0.2) is 0 Å². The number of rotatable bonds is 4. The molecule has 1 atom stereocenters. The first-order valence-electron chi connectivity index (χ1n) is 6.28. The van der Waals surface area contributed by atoms with Crippen LogP contribution in [0.4, 0.5) is 0 Å². The Balaban J connectivity index is 2.24. The van der Waals surface area contributed by atoms with Crippen LogP contribution in [0.25, 0.3) is 0 Å². The monoisotopic (exact) mass is 234 g/mol. The number of benzene rings is 1. The zero-order valence-corrected chi connectivity index (χ0v) is 11.0. The topological polar surface area (TPSA) is 24.5 Å². The SMILES string of the molecule is CNCCC1c2ccc(OC)cc2CCN1C. The molecule has 0 fully saturated rings. The molecule has 0 saturated carbocycles. The summed E-state index contributed by atoms with van der Waals surface area (Å²) in [5.41, 5.74) is 2.92. The summed E-state index contributed by atoms with van der Waals surface area (Å²) in [4.78, 5) is 2.45. The highest BCUT2D eigenvalue weighted by atomic mass is 16.5. The van der Waals surface area contributed by atoms with E-state index >= 15 is 0 Å². The molecule has 17 heavy (non-hydrogen) atoms. The number of nitrogens with one attached hydrogen (secondary N) is 1. The number of nitrogens with zero attached hydrogens (tertiary/aromatic N) is 1. The summed E-state index contributed by atoms with van der Waals surface area (Å²) in [6.07, 6.45) is 2.28. The van der Waals surface area contributed by atoms with Crippen molar-refractivity contribution in [3.63, 3.8) is 0 Å². The average Bonchev–Trinajstić information content (AvgIpc) is 2.37. The molecule has 0 radical (unpaired) electrons. The fourth-order valence-corrected chi connectivity index (χ4v) is 2.60. The summed E-state index contributed by atoms with van der Waals surface area (Å²) in [5.74, 6) is 0.973. The molecular formula is C14H22N2O. The Morgan fingerprint density at radius 1 is 1.47 bits per heavy atom. The molecule has 3 nitrogen and oxygen atoms in total. The van der Waals surface area contributed by atoms with Gasteiger partial charge in [0.05, 0.1) is 7.11 Å². The van der Waals surface area contributed by atoms with Crippen LogP contribution in [0.5, 0.6) is 5.75 Å². The normalized spacial score (nSPS) is 20.1. The molecule has 2 rings (SSSR count). The van der Waals surface area contributed by atoms with Crippen LogP contribution in [-0.2, 0) is 6.42 Å². The van der Waals surface area contributed by atoms with Crippen LogP contribution in [0.15, 0.2) is 18.2 Å². The maximum Gasteiger partial charge on any atom is 0.119 e. The minimum Gasteiger partial charge on any atom is -0.497 e. The summed E-state index contributed by atoms with van der Waals surface area (Å²) in [5, 5.41) is 3.24. The lowest BCUT2D eigenvalue weighted by Gasteiger charge is -2.34. The van der Waals surface area contributed by atoms with Crippen molar-refractivity contribution in [2.75, 3.05) is 34.3 Å². The Kier molecular flexibility index (Phi) is 4.02. The standard InChI is InChI=1S/C14H22N2O/c1-15-8-6-14-13-5-4-12(17-3)10-11(13)7-9-16(14)2/h4-5,10,14-15H,6-9H2,1-3H3. The molecule has 0 aliphatic carbocycles. The third kappa shape index (κ3) is 2.61. The van der Waals surface area contributed by atoms with Gasteiger partial charge < -0.3 is 10.1 Å². The van der Waals surface area contributed by atoms with Crippen molar-refractivity contribution in [1.82, 2.24) is 10.2 Å². The molecule has 0 saturated heterocycles. The van der Waals surface area contributed by atoms with Gasteiger partial charge >= 0.3 is 0 Å². The van der Waals surface area contributed by atoms with Crippen molar-refractivity contribution in [3.8, 4) is 5.75 Å². The van der Waals surface area contributed by atoms with E-state index in [9.17, 15) is 0 Å². The van der Waals surface area contributed by atoms with E-state index < -0.39 is 0 Å². The van der Waals surface area contributed by atoms with Crippen molar-refractivity contribution in [2.45, 2.75) is 18.9 Å². The van der Waals surface area contributed by atoms with Gasteiger partial charge in [-0.15, -0.1) is 0 Å². The van der Waals surface area contributed by atoms with E-state index in [1.54, 1.807) is 7.11 Å². The predicted octanol–water partition coefficient (Wildman–Crippen LogP) is 1.83. The first kappa shape index (κ1) is 12.4. The fraction of sp³-hybridized carbons (Fsp3) is 0.571. The molecule has 1 aromatic carbocycles. The Labute approximate surface area is 104 Å². The van der Waals surface area contributed by atoms with Gasteiger partial charge in [-0.3, -0.25) is 4.90 Å². The average molecular weight is 234 g/mol. The molecule has 3 heteroatoms. The second kappa shape index (κ2) is 5.52. The van der Waals surface area contributed by atoms with Crippen LogP contribution in [0.1, 0.15) is 23.6 Å². The first-order chi connectivity index (χ1) is 8.26. The number of hydrogen-bond acceptors (Lipinski definition) is 3. The zero-order chi connectivity index (χ0) is 12.3. The van der Waals surface area contributed by atoms with E-state index in [0.717, 1.165) is 31.7 Å². The Hall–Kier alpha value is -1.06. The lowest BCUT2D eigenvalue weighted by Crippen LogP contribution is -2.33. The van der Waals surface area contributed by atoms with Gasteiger partial charge in [0, 0.05) is 12.6 Å². The molecule has 0 spiro atoms. The van der Waals surface area contributed by atoms with Crippen LogP contribution in [0.2, 0.25) is 0 Å². The van der Waals surface area contributed by atoms with Gasteiger partial charge in [-0.1, -0.05) is 6.07 Å². The predicted molar refractivity (Wildman–Crippen MR) is 70.6 cm³/mol. The summed E-state index contributed by atoms with van der Waals surface area (Å²) in [6.45, 7) is 2.19. The van der Waals surface area contributed by atoms with Gasteiger partial charge in [0.25, 0.3) is 0 Å². The molecule has 1 aliphatic heterocycles. The highest BCUT2D eigenvalue weighted by Crippen LogP contribution is 2.32. The summed E-state index contributed by atoms with van der Waals surface area (Å²) < 4.78 is 5.30. The van der Waals surface area contributed by atoms with Crippen LogP contribution in [0, 0.1) is 0 Å². The summed E-state index contributed by atoms with van der Waals surface area (Å²) >= 11 is 0. The van der Waals surface area contributed by atoms with Crippen molar-refractivity contribution < 1.29 is 4.74 Å². The molecule has 0 amide bonds. The lowest BCUT2D eigenvalue weighted by atomic mass is 9.91. The molecule has 1 N–H and O–H groups in total. The van der Waals surface area contributed by atoms with Crippen LogP contribution < -0.4 is 10.1 Å². The van der Waals surface area contributed by atoms with E-state index in [2.05, 4.69) is 35.5 Å². The molecule has 0 bridgehead atoms. The van der Waals surface area contributed by atoms with Crippen molar-refractivity contribution in [3.05, 3.63) is 29.3 Å². The molecule has 94 valence electrons. The van der Waals surface area contributed by atoms with E-state index in [1.165, 1.54) is 11.1 Å². The van der Waals surface area contributed by atoms with Gasteiger partial charge in [-0.2, -0.15) is 0 Å². The van der Waals surface area contributed by atoms with Gasteiger partial charge in [0.2, 0.25) is 0 Å². The second-order valence-electron chi connectivity index (χ2n) is 4.70. The second-order valence-corrected chi connectivity index (χ2v) is 4.70. The van der Waals surface area contributed by atoms with Crippen molar-refractivity contribution >= 4 is 0 Å². The van der Waals surface area contributed by atoms with Gasteiger partial charge in [-0.25, -0.2) is 0 Å². The first-order valence-corrected chi connectivity index (χ1v) is 6.28. The van der Waals surface area contributed by atoms with Crippen LogP contribution in [0.3, 0.4) is 0 Å². The molecule has 1 heterocycles. The quantitative estimate of drug-likeness (QED) is 0.860. The Morgan fingerprint density at radius 2 is 2.29 bits per heavy atom. The highest BCUT2D eigenvalue weighted by molar-refractivity contribution is 5.39. The van der Waals surface area contributed by atoms with E-state index in [0.29, 0.717) is 6.04 Å². The van der Waals surface area contributed by atoms with Crippen LogP contribution >= 0.6 is 0 Å². The van der Waals surface area contributed by atoms with Gasteiger partial charge in [0.1, 0.15) is 5.75 Å². The van der Waals surface area contributed by atoms with E-state index in [-0.39, 0.29) is 0 Å². The molecular weight excluding hydrogens is 212 g/mol. The van der Waals surface area contributed by atoms with Crippen molar-refractivity contribution in [2.24, 2.45) is 0 Å². The Bertz CT molecular complexity index is 378. The summed E-state index contributed by atoms with van der Waals surface area (Å²) in [7, 11) is 5.96. The van der Waals surface area contributed by atoms with Gasteiger partial charge in [-0.05, 0) is 56.7 Å². The molecule has 1 aromatic rings. The minimum absolute atomic E-state index is 0.539. The smallest absolute Gasteiger partial charge is 0.119 e. The highest BCUT2D eigenvalue weighted by Gasteiger charge is 2.24. The third-order valence-electron chi connectivity index (χ3n) is 3.64.